The van der Waals surface area contributed by atoms with Crippen molar-refractivity contribution in [2.45, 2.75) is 13.0 Å². The van der Waals surface area contributed by atoms with Gasteiger partial charge in [-0.05, 0) is 35.3 Å². The molecule has 1 nitrogen and oxygen atoms in total. The van der Waals surface area contributed by atoms with Crippen LogP contribution >= 0.6 is 0 Å². The fourth-order valence-corrected chi connectivity index (χ4v) is 2.66. The first-order chi connectivity index (χ1) is 11.0. The van der Waals surface area contributed by atoms with E-state index in [-0.39, 0.29) is 17.5 Å². The number of halogens is 3. The number of allylic oxidation sites excluding steroid dienone is 2. The lowest BCUT2D eigenvalue weighted by atomic mass is 9.89. The summed E-state index contributed by atoms with van der Waals surface area (Å²) in [4.78, 5) is 0. The van der Waals surface area contributed by atoms with Gasteiger partial charge in [0.15, 0.2) is 0 Å². The van der Waals surface area contributed by atoms with Gasteiger partial charge in [-0.3, -0.25) is 0 Å². The summed E-state index contributed by atoms with van der Waals surface area (Å²) in [6, 6.07) is 7.67. The molecule has 2 aromatic rings. The van der Waals surface area contributed by atoms with Gasteiger partial charge in [-0.2, -0.15) is 0 Å². The first-order valence-electron chi connectivity index (χ1n) is 7.36. The second kappa shape index (κ2) is 6.05. The maximum absolute atomic E-state index is 14.5. The lowest BCUT2D eigenvalue weighted by molar-refractivity contribution is 0.585. The van der Waals surface area contributed by atoms with Crippen molar-refractivity contribution in [2.24, 2.45) is 11.7 Å². The van der Waals surface area contributed by atoms with Gasteiger partial charge in [0.05, 0.1) is 0 Å². The molecule has 3 rings (SSSR count). The van der Waals surface area contributed by atoms with Crippen LogP contribution in [0.3, 0.4) is 0 Å². The van der Waals surface area contributed by atoms with E-state index >= 15 is 0 Å². The Hall–Kier alpha value is -2.33. The molecular formula is C19H16F3N. The van der Waals surface area contributed by atoms with Crippen LogP contribution in [0.2, 0.25) is 0 Å². The first-order valence-corrected chi connectivity index (χ1v) is 7.36. The van der Waals surface area contributed by atoms with Crippen molar-refractivity contribution >= 4 is 5.57 Å². The number of nitrogens with two attached hydrogens (primary N) is 1. The average molecular weight is 315 g/mol. The monoisotopic (exact) mass is 315 g/mol. The topological polar surface area (TPSA) is 26.0 Å². The quantitative estimate of drug-likeness (QED) is 0.855. The lowest BCUT2D eigenvalue weighted by Crippen LogP contribution is -2.26. The molecule has 2 N–H and O–H groups in total. The van der Waals surface area contributed by atoms with Crippen molar-refractivity contribution in [3.8, 4) is 11.1 Å². The van der Waals surface area contributed by atoms with Crippen molar-refractivity contribution in [3.05, 3.63) is 77.6 Å². The minimum absolute atomic E-state index is 0.0746. The Labute approximate surface area is 132 Å². The molecular weight excluding hydrogens is 299 g/mol. The van der Waals surface area contributed by atoms with Crippen LogP contribution in [0.4, 0.5) is 13.2 Å². The van der Waals surface area contributed by atoms with Crippen LogP contribution in [0.15, 0.2) is 54.6 Å². The SMILES string of the molecule is CC1C=C(c2ccc(-c3ccc(F)cc3F)cc2F)C=C[C@@H]1N. The van der Waals surface area contributed by atoms with Gasteiger partial charge in [-0.25, -0.2) is 13.2 Å². The highest BCUT2D eigenvalue weighted by atomic mass is 19.1. The highest BCUT2D eigenvalue weighted by Gasteiger charge is 2.16. The van der Waals surface area contributed by atoms with E-state index in [2.05, 4.69) is 0 Å². The predicted molar refractivity (Wildman–Crippen MR) is 86.0 cm³/mol. The largest absolute Gasteiger partial charge is 0.324 e. The third-order valence-corrected chi connectivity index (χ3v) is 4.07. The summed E-state index contributed by atoms with van der Waals surface area (Å²) in [5.74, 6) is -1.71. The van der Waals surface area contributed by atoms with Crippen molar-refractivity contribution < 1.29 is 13.2 Å². The Kier molecular flexibility index (Phi) is 4.09. The summed E-state index contributed by atoms with van der Waals surface area (Å²) in [7, 11) is 0. The number of benzene rings is 2. The zero-order chi connectivity index (χ0) is 16.6. The zero-order valence-electron chi connectivity index (χ0n) is 12.6. The van der Waals surface area contributed by atoms with Crippen molar-refractivity contribution in [3.63, 3.8) is 0 Å². The van der Waals surface area contributed by atoms with Crippen LogP contribution in [0.1, 0.15) is 12.5 Å². The lowest BCUT2D eigenvalue weighted by Gasteiger charge is -2.19. The standard InChI is InChI=1S/C19H16F3N/c1-11-8-12(3-7-19(11)23)15-5-2-13(9-17(15)21)16-6-4-14(20)10-18(16)22/h2-11,19H,23H2,1H3/t11?,19-/m0/s1. The third-order valence-electron chi connectivity index (χ3n) is 4.07. The average Bonchev–Trinajstić information content (AvgIpc) is 2.50. The van der Waals surface area contributed by atoms with Gasteiger partial charge in [-0.1, -0.05) is 37.3 Å². The highest BCUT2D eigenvalue weighted by Crippen LogP contribution is 2.30. The van der Waals surface area contributed by atoms with Crippen LogP contribution < -0.4 is 5.73 Å². The molecule has 0 fully saturated rings. The summed E-state index contributed by atoms with van der Waals surface area (Å²) in [5.41, 5.74) is 7.61. The molecule has 0 bridgehead atoms. The van der Waals surface area contributed by atoms with Crippen molar-refractivity contribution in [1.29, 1.82) is 0 Å². The number of hydrogen-bond acceptors (Lipinski definition) is 1. The zero-order valence-corrected chi connectivity index (χ0v) is 12.6. The summed E-state index contributed by atoms with van der Waals surface area (Å²) < 4.78 is 41.2. The molecule has 0 aromatic heterocycles. The van der Waals surface area contributed by atoms with E-state index in [0.717, 1.165) is 17.7 Å². The molecule has 0 amide bonds. The molecule has 0 radical (unpaired) electrons. The maximum Gasteiger partial charge on any atom is 0.133 e. The van der Waals surface area contributed by atoms with Gasteiger partial charge in [0.1, 0.15) is 17.5 Å². The van der Waals surface area contributed by atoms with E-state index in [1.165, 1.54) is 12.1 Å². The smallest absolute Gasteiger partial charge is 0.133 e. The van der Waals surface area contributed by atoms with Crippen LogP contribution in [0, 0.1) is 23.4 Å². The molecule has 4 heteroatoms. The van der Waals surface area contributed by atoms with E-state index in [4.69, 9.17) is 5.73 Å². The van der Waals surface area contributed by atoms with Crippen molar-refractivity contribution in [2.75, 3.05) is 0 Å². The van der Waals surface area contributed by atoms with E-state index < -0.39 is 17.5 Å². The van der Waals surface area contributed by atoms with Gasteiger partial charge < -0.3 is 5.73 Å². The Morgan fingerprint density at radius 2 is 1.61 bits per heavy atom. The van der Waals surface area contributed by atoms with Gasteiger partial charge in [0, 0.05) is 23.2 Å². The molecule has 2 aromatic carbocycles. The second-order valence-electron chi connectivity index (χ2n) is 5.74. The van der Waals surface area contributed by atoms with E-state index in [0.29, 0.717) is 11.1 Å². The molecule has 1 aliphatic rings. The van der Waals surface area contributed by atoms with E-state index in [1.807, 2.05) is 19.1 Å². The maximum atomic E-state index is 14.5. The van der Waals surface area contributed by atoms with E-state index in [1.54, 1.807) is 18.2 Å². The molecule has 1 unspecified atom stereocenters. The molecule has 0 spiro atoms. The molecule has 118 valence electrons. The van der Waals surface area contributed by atoms with Gasteiger partial charge in [-0.15, -0.1) is 0 Å². The molecule has 0 saturated carbocycles. The molecule has 23 heavy (non-hydrogen) atoms. The minimum atomic E-state index is -0.714. The summed E-state index contributed by atoms with van der Waals surface area (Å²) in [6.07, 6.45) is 5.55. The fraction of sp³-hybridized carbons (Fsp3) is 0.158. The molecule has 0 aliphatic heterocycles. The highest BCUT2D eigenvalue weighted by molar-refractivity contribution is 5.77. The normalized spacial score (nSPS) is 20.5. The minimum Gasteiger partial charge on any atom is -0.324 e. The Morgan fingerprint density at radius 1 is 0.913 bits per heavy atom. The first kappa shape index (κ1) is 15.6. The summed E-state index contributed by atoms with van der Waals surface area (Å²) >= 11 is 0. The fourth-order valence-electron chi connectivity index (χ4n) is 2.66. The van der Waals surface area contributed by atoms with E-state index in [9.17, 15) is 13.2 Å². The summed E-state index contributed by atoms with van der Waals surface area (Å²) in [6.45, 7) is 1.97. The van der Waals surface area contributed by atoms with Gasteiger partial charge in [0.25, 0.3) is 0 Å². The Bertz CT molecular complexity index is 808. The molecule has 2 atom stereocenters. The Balaban J connectivity index is 1.99. The second-order valence-corrected chi connectivity index (χ2v) is 5.74. The third kappa shape index (κ3) is 3.08. The molecule has 0 saturated heterocycles. The van der Waals surface area contributed by atoms with Crippen LogP contribution in [-0.4, -0.2) is 6.04 Å². The number of hydrogen-bond donors (Lipinski definition) is 1. The van der Waals surface area contributed by atoms with Crippen LogP contribution in [-0.2, 0) is 0 Å². The summed E-state index contributed by atoms with van der Waals surface area (Å²) in [5, 5.41) is 0. The van der Waals surface area contributed by atoms with Gasteiger partial charge in [0.2, 0.25) is 0 Å². The van der Waals surface area contributed by atoms with Crippen LogP contribution in [0.5, 0.6) is 0 Å². The molecule has 0 heterocycles. The van der Waals surface area contributed by atoms with Crippen LogP contribution in [0.25, 0.3) is 16.7 Å². The molecule has 1 aliphatic carbocycles. The predicted octanol–water partition coefficient (Wildman–Crippen LogP) is 4.69. The number of rotatable bonds is 2. The van der Waals surface area contributed by atoms with Gasteiger partial charge >= 0.3 is 0 Å². The van der Waals surface area contributed by atoms with Crippen molar-refractivity contribution in [1.82, 2.24) is 0 Å². The Morgan fingerprint density at radius 3 is 2.26 bits per heavy atom.